The van der Waals surface area contributed by atoms with Crippen LogP contribution in [0.1, 0.15) is 53.4 Å². The Morgan fingerprint density at radius 2 is 1.71 bits per heavy atom. The summed E-state index contributed by atoms with van der Waals surface area (Å²) in [5.41, 5.74) is -0.340. The first-order valence-corrected chi connectivity index (χ1v) is 6.26. The number of ether oxygens (including phenoxy) is 1. The van der Waals surface area contributed by atoms with Crippen molar-refractivity contribution in [2.45, 2.75) is 59.0 Å². The number of carbonyl (C=O) groups is 2. The van der Waals surface area contributed by atoms with Gasteiger partial charge in [0.05, 0.1) is 5.57 Å². The van der Waals surface area contributed by atoms with Gasteiger partial charge in [0.2, 0.25) is 0 Å². The van der Waals surface area contributed by atoms with Crippen LogP contribution in [0.15, 0.2) is 11.6 Å². The molecule has 0 radical (unpaired) electrons. The van der Waals surface area contributed by atoms with Crippen LogP contribution in [-0.2, 0) is 14.3 Å². The van der Waals surface area contributed by atoms with Gasteiger partial charge in [0.1, 0.15) is 5.60 Å². The number of rotatable bonds is 3. The van der Waals surface area contributed by atoms with Gasteiger partial charge in [-0.2, -0.15) is 0 Å². The molecule has 0 amide bonds. The van der Waals surface area contributed by atoms with Gasteiger partial charge in [-0.25, -0.2) is 4.79 Å². The lowest BCUT2D eigenvalue weighted by atomic mass is 10.0. The molecule has 1 saturated carbocycles. The summed E-state index contributed by atoms with van der Waals surface area (Å²) in [6.07, 6.45) is 6.31. The fourth-order valence-corrected chi connectivity index (χ4v) is 2.02. The van der Waals surface area contributed by atoms with E-state index in [1.165, 1.54) is 19.8 Å². The lowest BCUT2D eigenvalue weighted by Crippen LogP contribution is -2.27. The van der Waals surface area contributed by atoms with Gasteiger partial charge in [0.25, 0.3) is 0 Å². The lowest BCUT2D eigenvalue weighted by molar-refractivity contribution is -0.150. The number of esters is 1. The first-order chi connectivity index (χ1) is 7.79. The largest absolute Gasteiger partial charge is 0.456 e. The maximum Gasteiger partial charge on any atom is 0.341 e. The average Bonchev–Trinajstić information content (AvgIpc) is 2.62. The molecule has 1 aliphatic carbocycles. The van der Waals surface area contributed by atoms with Crippen molar-refractivity contribution in [2.24, 2.45) is 5.92 Å². The van der Waals surface area contributed by atoms with Crippen molar-refractivity contribution in [1.29, 1.82) is 0 Å². The Labute approximate surface area is 103 Å². The summed E-state index contributed by atoms with van der Waals surface area (Å²) >= 11 is 0. The monoisotopic (exact) mass is 238 g/mol. The topological polar surface area (TPSA) is 43.4 Å². The van der Waals surface area contributed by atoms with Crippen LogP contribution in [0.25, 0.3) is 0 Å². The zero-order chi connectivity index (χ0) is 13.1. The molecule has 0 heterocycles. The van der Waals surface area contributed by atoms with E-state index < -0.39 is 11.6 Å². The first-order valence-electron chi connectivity index (χ1n) is 6.26. The Bertz CT molecular complexity index is 328. The molecule has 1 fully saturated rings. The van der Waals surface area contributed by atoms with Crippen molar-refractivity contribution in [3.63, 3.8) is 0 Å². The molecule has 17 heavy (non-hydrogen) atoms. The molecule has 0 spiro atoms. The Balaban J connectivity index is 2.78. The summed E-state index contributed by atoms with van der Waals surface area (Å²) in [6, 6.07) is 0. The van der Waals surface area contributed by atoms with Crippen molar-refractivity contribution in [2.75, 3.05) is 0 Å². The number of ketones is 1. The van der Waals surface area contributed by atoms with Crippen LogP contribution in [-0.4, -0.2) is 17.4 Å². The average molecular weight is 238 g/mol. The van der Waals surface area contributed by atoms with E-state index in [2.05, 4.69) is 0 Å². The molecular weight excluding hydrogens is 216 g/mol. The second kappa shape index (κ2) is 5.48. The van der Waals surface area contributed by atoms with Crippen LogP contribution in [0.3, 0.4) is 0 Å². The zero-order valence-electron chi connectivity index (χ0n) is 11.2. The van der Waals surface area contributed by atoms with Gasteiger partial charge in [-0.1, -0.05) is 18.9 Å². The SMILES string of the molecule is CC(=O)C(=CC1CCCC1)C(=O)OC(C)(C)C. The van der Waals surface area contributed by atoms with Crippen molar-refractivity contribution in [3.8, 4) is 0 Å². The minimum absolute atomic E-state index is 0.203. The van der Waals surface area contributed by atoms with Gasteiger partial charge in [0.15, 0.2) is 5.78 Å². The molecule has 0 aromatic rings. The summed E-state index contributed by atoms with van der Waals surface area (Å²) in [6.45, 7) is 6.83. The van der Waals surface area contributed by atoms with Crippen LogP contribution >= 0.6 is 0 Å². The van der Waals surface area contributed by atoms with E-state index in [1.54, 1.807) is 20.8 Å². The number of Topliss-reactive ketones (excluding diaryl/α,β-unsaturated/α-hetero) is 1. The van der Waals surface area contributed by atoms with Gasteiger partial charge in [0, 0.05) is 0 Å². The maximum atomic E-state index is 11.9. The van der Waals surface area contributed by atoms with Crippen LogP contribution in [0.4, 0.5) is 0 Å². The molecule has 0 unspecified atom stereocenters. The number of hydrogen-bond acceptors (Lipinski definition) is 3. The molecular formula is C14H22O3. The fraction of sp³-hybridized carbons (Fsp3) is 0.714. The van der Waals surface area contributed by atoms with Crippen molar-refractivity contribution < 1.29 is 14.3 Å². The predicted octanol–water partition coefficient (Wildman–Crippen LogP) is 3.03. The van der Waals surface area contributed by atoms with Gasteiger partial charge in [-0.3, -0.25) is 4.79 Å². The molecule has 0 aromatic heterocycles. The quantitative estimate of drug-likeness (QED) is 0.328. The molecule has 0 bridgehead atoms. The molecule has 0 aliphatic heterocycles. The van der Waals surface area contributed by atoms with Gasteiger partial charge >= 0.3 is 5.97 Å². The normalized spacial score (nSPS) is 18.2. The van der Waals surface area contributed by atoms with Crippen LogP contribution in [0.2, 0.25) is 0 Å². The highest BCUT2D eigenvalue weighted by molar-refractivity contribution is 6.16. The zero-order valence-corrected chi connectivity index (χ0v) is 11.2. The molecule has 3 nitrogen and oxygen atoms in total. The second-order valence-electron chi connectivity index (χ2n) is 5.68. The highest BCUT2D eigenvalue weighted by atomic mass is 16.6. The van der Waals surface area contributed by atoms with Gasteiger partial charge in [-0.15, -0.1) is 0 Å². The minimum Gasteiger partial charge on any atom is -0.456 e. The van der Waals surface area contributed by atoms with E-state index in [-0.39, 0.29) is 11.4 Å². The minimum atomic E-state index is -0.554. The molecule has 0 aromatic carbocycles. The first kappa shape index (κ1) is 13.9. The third-order valence-electron chi connectivity index (χ3n) is 2.80. The van der Waals surface area contributed by atoms with Crippen LogP contribution < -0.4 is 0 Å². The van der Waals surface area contributed by atoms with E-state index in [9.17, 15) is 9.59 Å². The third kappa shape index (κ3) is 4.72. The smallest absolute Gasteiger partial charge is 0.341 e. The molecule has 0 N–H and O–H groups in total. The Hall–Kier alpha value is -1.12. The molecule has 96 valence electrons. The molecule has 3 heteroatoms. The van der Waals surface area contributed by atoms with Crippen molar-refractivity contribution in [1.82, 2.24) is 0 Å². The van der Waals surface area contributed by atoms with E-state index in [0.717, 1.165) is 12.8 Å². The Kier molecular flexibility index (Phi) is 4.49. The van der Waals surface area contributed by atoms with E-state index in [4.69, 9.17) is 4.74 Å². The number of allylic oxidation sites excluding steroid dienone is 1. The standard InChI is InChI=1S/C14H22O3/c1-10(15)12(9-11-7-5-6-8-11)13(16)17-14(2,3)4/h9,11H,5-8H2,1-4H3. The second-order valence-corrected chi connectivity index (χ2v) is 5.68. The van der Waals surface area contributed by atoms with Crippen LogP contribution in [0.5, 0.6) is 0 Å². The fourth-order valence-electron chi connectivity index (χ4n) is 2.02. The van der Waals surface area contributed by atoms with Crippen molar-refractivity contribution in [3.05, 3.63) is 11.6 Å². The summed E-state index contributed by atoms with van der Waals surface area (Å²) in [5.74, 6) is -0.329. The van der Waals surface area contributed by atoms with Gasteiger partial charge < -0.3 is 4.74 Å². The molecule has 1 aliphatic rings. The highest BCUT2D eigenvalue weighted by Crippen LogP contribution is 2.27. The summed E-state index contributed by atoms with van der Waals surface area (Å²) in [5, 5.41) is 0. The Morgan fingerprint density at radius 1 is 1.18 bits per heavy atom. The Morgan fingerprint density at radius 3 is 2.12 bits per heavy atom. The highest BCUT2D eigenvalue weighted by Gasteiger charge is 2.24. The molecule has 0 saturated heterocycles. The van der Waals surface area contributed by atoms with E-state index >= 15 is 0 Å². The number of carbonyl (C=O) groups excluding carboxylic acids is 2. The summed E-state index contributed by atoms with van der Waals surface area (Å²) in [7, 11) is 0. The van der Waals surface area contributed by atoms with Crippen molar-refractivity contribution >= 4 is 11.8 Å². The maximum absolute atomic E-state index is 11.9. The predicted molar refractivity (Wildman–Crippen MR) is 66.6 cm³/mol. The van der Waals surface area contributed by atoms with Crippen LogP contribution in [0, 0.1) is 5.92 Å². The van der Waals surface area contributed by atoms with Gasteiger partial charge in [-0.05, 0) is 46.5 Å². The van der Waals surface area contributed by atoms with E-state index in [0.29, 0.717) is 5.92 Å². The third-order valence-corrected chi connectivity index (χ3v) is 2.80. The van der Waals surface area contributed by atoms with E-state index in [1.807, 2.05) is 6.08 Å². The molecule has 1 rings (SSSR count). The molecule has 0 atom stereocenters. The summed E-state index contributed by atoms with van der Waals surface area (Å²) in [4.78, 5) is 23.4. The number of hydrogen-bond donors (Lipinski definition) is 0. The summed E-state index contributed by atoms with van der Waals surface area (Å²) < 4.78 is 5.24. The lowest BCUT2D eigenvalue weighted by Gasteiger charge is -2.20.